The maximum atomic E-state index is 13.1. The number of carbonyl (C=O) groups is 1. The van der Waals surface area contributed by atoms with Crippen LogP contribution >= 0.6 is 0 Å². The monoisotopic (exact) mass is 523 g/mol. The quantitative estimate of drug-likeness (QED) is 0.573. The van der Waals surface area contributed by atoms with Crippen LogP contribution in [0.5, 0.6) is 5.75 Å². The molecule has 1 aromatic heterocycles. The number of alkyl halides is 6. The van der Waals surface area contributed by atoms with Gasteiger partial charge in [0.2, 0.25) is 15.9 Å². The molecule has 0 radical (unpaired) electrons. The Labute approximate surface area is 196 Å². The molecule has 2 saturated heterocycles. The van der Waals surface area contributed by atoms with Gasteiger partial charge in [-0.15, -0.1) is 0 Å². The first-order valence-corrected chi connectivity index (χ1v) is 11.9. The fourth-order valence-electron chi connectivity index (χ4n) is 4.14. The van der Waals surface area contributed by atoms with Crippen LogP contribution in [0.25, 0.3) is 0 Å². The molecule has 0 aliphatic carbocycles. The van der Waals surface area contributed by atoms with E-state index in [1.165, 1.54) is 4.90 Å². The van der Waals surface area contributed by atoms with E-state index in [9.17, 15) is 39.6 Å². The molecule has 1 amide bonds. The number of aromatic nitrogens is 1. The number of hydrogen-bond donors (Lipinski definition) is 0. The molecule has 190 valence electrons. The van der Waals surface area contributed by atoms with Gasteiger partial charge in [-0.2, -0.15) is 30.6 Å². The second-order valence-electron chi connectivity index (χ2n) is 8.19. The number of sulfonamides is 1. The van der Waals surface area contributed by atoms with Gasteiger partial charge in [0.15, 0.2) is 0 Å². The summed E-state index contributed by atoms with van der Waals surface area (Å²) in [6.07, 6.45) is -9.03. The van der Waals surface area contributed by atoms with E-state index >= 15 is 0 Å². The van der Waals surface area contributed by atoms with E-state index in [0.717, 1.165) is 40.8 Å². The maximum absolute atomic E-state index is 13.1. The van der Waals surface area contributed by atoms with Gasteiger partial charge in [0.1, 0.15) is 17.5 Å². The Hall–Kier alpha value is -2.87. The zero-order valence-corrected chi connectivity index (χ0v) is 18.7. The highest BCUT2D eigenvalue weighted by Crippen LogP contribution is 2.33. The number of benzene rings is 1. The minimum Gasteiger partial charge on any atom is -0.487 e. The molecule has 1 aromatic carbocycles. The Kier molecular flexibility index (Phi) is 6.47. The molecule has 2 aliphatic heterocycles. The van der Waals surface area contributed by atoms with E-state index in [0.29, 0.717) is 6.07 Å². The highest BCUT2D eigenvalue weighted by atomic mass is 32.2. The number of halogens is 6. The van der Waals surface area contributed by atoms with E-state index in [2.05, 4.69) is 4.98 Å². The van der Waals surface area contributed by atoms with Crippen molar-refractivity contribution >= 4 is 15.9 Å². The average molecular weight is 523 g/mol. The summed E-state index contributed by atoms with van der Waals surface area (Å²) in [6.45, 7) is -0.268. The Morgan fingerprint density at radius 2 is 1.74 bits per heavy atom. The van der Waals surface area contributed by atoms with Crippen molar-refractivity contribution in [3.05, 3.63) is 53.9 Å². The van der Waals surface area contributed by atoms with Crippen molar-refractivity contribution in [1.82, 2.24) is 14.2 Å². The number of ether oxygens (including phenoxy) is 1. The predicted octanol–water partition coefficient (Wildman–Crippen LogP) is 3.56. The van der Waals surface area contributed by atoms with Crippen LogP contribution in [0.1, 0.15) is 24.1 Å². The number of amides is 1. The first-order chi connectivity index (χ1) is 16.2. The van der Waals surface area contributed by atoms with Crippen molar-refractivity contribution in [2.75, 3.05) is 19.6 Å². The van der Waals surface area contributed by atoms with Gasteiger partial charge in [0, 0.05) is 32.0 Å². The number of hydrogen-bond acceptors (Lipinski definition) is 5. The third-order valence-corrected chi connectivity index (χ3v) is 7.68. The minimum atomic E-state index is -4.72. The van der Waals surface area contributed by atoms with E-state index in [1.54, 1.807) is 0 Å². The fourth-order valence-corrected chi connectivity index (χ4v) is 5.66. The van der Waals surface area contributed by atoms with E-state index < -0.39 is 50.7 Å². The van der Waals surface area contributed by atoms with Crippen molar-refractivity contribution < 1.29 is 44.3 Å². The molecule has 0 spiro atoms. The highest BCUT2D eigenvalue weighted by molar-refractivity contribution is 7.89. The number of carbonyl (C=O) groups excluding carboxylic acids is 1. The topological polar surface area (TPSA) is 79.8 Å². The Morgan fingerprint density at radius 1 is 1.00 bits per heavy atom. The molecule has 2 aromatic rings. The lowest BCUT2D eigenvalue weighted by molar-refractivity contribution is -0.141. The standard InChI is InChI=1S/C21H19F6N3O4S/c22-20(23,24)13-2-1-3-17(8-13)35(32,33)29-7-6-19(31)30-12-16(9-14(30)11-29)34-15-4-5-18(28-10-15)21(25,26)27/h1-5,8,10,14,16H,6-7,9,11-12H2/t14-,16-/m0/s1. The molecule has 0 unspecified atom stereocenters. The van der Waals surface area contributed by atoms with Gasteiger partial charge >= 0.3 is 12.4 Å². The highest BCUT2D eigenvalue weighted by Gasteiger charge is 2.42. The van der Waals surface area contributed by atoms with Crippen molar-refractivity contribution in [1.29, 1.82) is 0 Å². The van der Waals surface area contributed by atoms with Crippen LogP contribution in [0.2, 0.25) is 0 Å². The Balaban J connectivity index is 1.49. The summed E-state index contributed by atoms with van der Waals surface area (Å²) in [5.41, 5.74) is -2.19. The number of fused-ring (bicyclic) bond motifs is 1. The third-order valence-electron chi connectivity index (χ3n) is 5.81. The van der Waals surface area contributed by atoms with Crippen molar-refractivity contribution in [2.45, 2.75) is 42.2 Å². The van der Waals surface area contributed by atoms with Crippen LogP contribution in [0.4, 0.5) is 26.3 Å². The van der Waals surface area contributed by atoms with Gasteiger partial charge in [-0.1, -0.05) is 6.07 Å². The van der Waals surface area contributed by atoms with Crippen LogP contribution in [-0.4, -0.2) is 60.3 Å². The van der Waals surface area contributed by atoms with Gasteiger partial charge in [0.05, 0.1) is 23.2 Å². The summed E-state index contributed by atoms with van der Waals surface area (Å²) < 4.78 is 110. The molecule has 0 saturated carbocycles. The zero-order valence-electron chi connectivity index (χ0n) is 17.9. The summed E-state index contributed by atoms with van der Waals surface area (Å²) in [5, 5.41) is 0. The molecule has 2 fully saturated rings. The lowest BCUT2D eigenvalue weighted by atomic mass is 10.2. The summed E-state index contributed by atoms with van der Waals surface area (Å²) >= 11 is 0. The van der Waals surface area contributed by atoms with Gasteiger partial charge in [-0.05, 0) is 30.3 Å². The number of pyridine rings is 1. The third kappa shape index (κ3) is 5.37. The van der Waals surface area contributed by atoms with Crippen molar-refractivity contribution in [2.24, 2.45) is 0 Å². The Morgan fingerprint density at radius 3 is 2.37 bits per heavy atom. The van der Waals surface area contributed by atoms with E-state index in [1.807, 2.05) is 0 Å². The molecule has 2 atom stereocenters. The molecular weight excluding hydrogens is 504 g/mol. The van der Waals surface area contributed by atoms with E-state index in [4.69, 9.17) is 4.74 Å². The SMILES string of the molecule is O=C1CCN(S(=O)(=O)c2cccc(C(F)(F)F)c2)C[C@@H]2C[C@H](Oc3ccc(C(F)(F)F)nc3)CN12. The van der Waals surface area contributed by atoms with Crippen molar-refractivity contribution in [3.8, 4) is 5.75 Å². The van der Waals surface area contributed by atoms with E-state index in [-0.39, 0.29) is 44.1 Å². The minimum absolute atomic E-state index is 0.0570. The maximum Gasteiger partial charge on any atom is 0.433 e. The fraction of sp³-hybridized carbons (Fsp3) is 0.429. The first-order valence-electron chi connectivity index (χ1n) is 10.4. The van der Waals surface area contributed by atoms with Gasteiger partial charge in [0.25, 0.3) is 0 Å². The van der Waals surface area contributed by atoms with Crippen LogP contribution in [0, 0.1) is 0 Å². The zero-order chi connectivity index (χ0) is 25.6. The molecular formula is C21H19F6N3O4S. The molecule has 2 aliphatic rings. The normalized spacial score (nSPS) is 22.1. The summed E-state index contributed by atoms with van der Waals surface area (Å²) in [4.78, 5) is 16.8. The lowest BCUT2D eigenvalue weighted by Gasteiger charge is -2.25. The second kappa shape index (κ2) is 8.97. The summed E-state index contributed by atoms with van der Waals surface area (Å²) in [5.74, 6) is -0.296. The van der Waals surface area contributed by atoms with Crippen LogP contribution in [0.3, 0.4) is 0 Å². The average Bonchev–Trinajstić information content (AvgIpc) is 3.10. The van der Waals surface area contributed by atoms with Gasteiger partial charge in [-0.25, -0.2) is 13.4 Å². The second-order valence-corrected chi connectivity index (χ2v) is 10.1. The molecule has 7 nitrogen and oxygen atoms in total. The molecule has 0 bridgehead atoms. The van der Waals surface area contributed by atoms with Crippen LogP contribution < -0.4 is 4.74 Å². The van der Waals surface area contributed by atoms with Crippen LogP contribution in [0.15, 0.2) is 47.5 Å². The molecule has 3 heterocycles. The summed E-state index contributed by atoms with van der Waals surface area (Å²) in [7, 11) is -4.33. The largest absolute Gasteiger partial charge is 0.487 e. The first kappa shape index (κ1) is 25.2. The van der Waals surface area contributed by atoms with Crippen molar-refractivity contribution in [3.63, 3.8) is 0 Å². The lowest BCUT2D eigenvalue weighted by Crippen LogP contribution is -2.40. The smallest absolute Gasteiger partial charge is 0.433 e. The number of rotatable bonds is 4. The number of nitrogens with zero attached hydrogens (tertiary/aromatic N) is 3. The molecule has 35 heavy (non-hydrogen) atoms. The predicted molar refractivity (Wildman–Crippen MR) is 109 cm³/mol. The van der Waals surface area contributed by atoms with Crippen LogP contribution in [-0.2, 0) is 27.2 Å². The molecule has 4 rings (SSSR count). The van der Waals surface area contributed by atoms with Gasteiger partial charge < -0.3 is 9.64 Å². The summed E-state index contributed by atoms with van der Waals surface area (Å²) in [6, 6.07) is 4.64. The Bertz CT molecular complexity index is 1200. The van der Waals surface area contributed by atoms with Gasteiger partial charge in [-0.3, -0.25) is 4.79 Å². The molecule has 0 N–H and O–H groups in total. The molecule has 14 heteroatoms.